The van der Waals surface area contributed by atoms with Crippen LogP contribution in [0, 0.1) is 27.7 Å². The molecule has 0 saturated carbocycles. The quantitative estimate of drug-likeness (QED) is 0.569. The number of para-hydroxylation sites is 1. The highest BCUT2D eigenvalue weighted by atomic mass is 32.2. The fraction of sp³-hybridized carbons (Fsp3) is 0.304. The Hall–Kier alpha value is -3.17. The average molecular weight is 456 g/mol. The maximum Gasteiger partial charge on any atom is 0.243 e. The van der Waals surface area contributed by atoms with Gasteiger partial charge >= 0.3 is 0 Å². The van der Waals surface area contributed by atoms with Crippen molar-refractivity contribution in [2.75, 3.05) is 31.3 Å². The second-order valence-corrected chi connectivity index (χ2v) is 10.0. The van der Waals surface area contributed by atoms with E-state index in [1.807, 2.05) is 58.0 Å². The average Bonchev–Trinajstić information content (AvgIpc) is 3.03. The van der Waals surface area contributed by atoms with Gasteiger partial charge in [-0.25, -0.2) is 17.4 Å². The fourth-order valence-electron chi connectivity index (χ4n) is 3.37. The van der Waals surface area contributed by atoms with Crippen molar-refractivity contribution < 1.29 is 13.2 Å². The van der Waals surface area contributed by atoms with E-state index in [4.69, 9.17) is 0 Å². The molecule has 2 aromatic carbocycles. The SMILES string of the molecule is Cc1cc(S(=O)(=O)N(C)C)cc(NCC(=O)Nc2c(C)nn(-c3ccccc3)c2C)c1C. The van der Waals surface area contributed by atoms with E-state index in [0.29, 0.717) is 17.1 Å². The van der Waals surface area contributed by atoms with E-state index < -0.39 is 10.0 Å². The minimum atomic E-state index is -3.58. The smallest absolute Gasteiger partial charge is 0.243 e. The first-order valence-electron chi connectivity index (χ1n) is 10.2. The largest absolute Gasteiger partial charge is 0.376 e. The zero-order valence-electron chi connectivity index (χ0n) is 19.2. The first-order chi connectivity index (χ1) is 15.0. The second kappa shape index (κ2) is 9.13. The summed E-state index contributed by atoms with van der Waals surface area (Å²) in [4.78, 5) is 12.9. The Morgan fingerprint density at radius 2 is 1.72 bits per heavy atom. The third kappa shape index (κ3) is 4.68. The lowest BCUT2D eigenvalue weighted by Crippen LogP contribution is -2.24. The van der Waals surface area contributed by atoms with Gasteiger partial charge in [0.05, 0.1) is 34.2 Å². The molecule has 0 unspecified atom stereocenters. The molecule has 0 radical (unpaired) electrons. The summed E-state index contributed by atoms with van der Waals surface area (Å²) in [6.45, 7) is 7.47. The normalized spacial score (nSPS) is 11.6. The molecule has 0 saturated heterocycles. The van der Waals surface area contributed by atoms with Gasteiger partial charge in [0.2, 0.25) is 15.9 Å². The maximum atomic E-state index is 12.7. The number of aryl methyl sites for hydroxylation is 2. The Bertz CT molecular complexity index is 1250. The molecule has 0 bridgehead atoms. The number of nitrogens with zero attached hydrogens (tertiary/aromatic N) is 3. The number of carbonyl (C=O) groups excluding carboxylic acids is 1. The van der Waals surface area contributed by atoms with E-state index in [9.17, 15) is 13.2 Å². The Balaban J connectivity index is 1.78. The van der Waals surface area contributed by atoms with Crippen LogP contribution in [0.2, 0.25) is 0 Å². The molecule has 9 heteroatoms. The molecular formula is C23H29N5O3S. The maximum absolute atomic E-state index is 12.7. The van der Waals surface area contributed by atoms with Gasteiger partial charge < -0.3 is 10.6 Å². The van der Waals surface area contributed by atoms with E-state index >= 15 is 0 Å². The lowest BCUT2D eigenvalue weighted by Gasteiger charge is -2.17. The predicted molar refractivity (Wildman–Crippen MR) is 127 cm³/mol. The van der Waals surface area contributed by atoms with Crippen LogP contribution in [0.4, 0.5) is 11.4 Å². The molecular weight excluding hydrogens is 426 g/mol. The summed E-state index contributed by atoms with van der Waals surface area (Å²) in [5, 5.41) is 10.5. The molecule has 0 aliphatic heterocycles. The number of hydrogen-bond donors (Lipinski definition) is 2. The van der Waals surface area contributed by atoms with Crippen LogP contribution in [0.25, 0.3) is 5.69 Å². The van der Waals surface area contributed by atoms with Gasteiger partial charge in [-0.15, -0.1) is 0 Å². The lowest BCUT2D eigenvalue weighted by atomic mass is 10.1. The topological polar surface area (TPSA) is 96.3 Å². The summed E-state index contributed by atoms with van der Waals surface area (Å²) < 4.78 is 28.0. The Morgan fingerprint density at radius 1 is 1.06 bits per heavy atom. The number of nitrogens with one attached hydrogen (secondary N) is 2. The number of aromatic nitrogens is 2. The zero-order chi connectivity index (χ0) is 23.6. The van der Waals surface area contributed by atoms with Crippen molar-refractivity contribution in [2.45, 2.75) is 32.6 Å². The molecule has 2 N–H and O–H groups in total. The van der Waals surface area contributed by atoms with E-state index in [2.05, 4.69) is 15.7 Å². The van der Waals surface area contributed by atoms with Crippen molar-refractivity contribution in [3.8, 4) is 5.69 Å². The summed E-state index contributed by atoms with van der Waals surface area (Å²) in [7, 11) is -0.596. The Kier molecular flexibility index (Phi) is 6.71. The minimum Gasteiger partial charge on any atom is -0.376 e. The number of benzene rings is 2. The first kappa shape index (κ1) is 23.5. The third-order valence-corrected chi connectivity index (χ3v) is 7.21. The molecule has 1 aromatic heterocycles. The van der Waals surface area contributed by atoms with Crippen molar-refractivity contribution in [2.24, 2.45) is 0 Å². The molecule has 0 atom stereocenters. The number of amides is 1. The predicted octanol–water partition coefficient (Wildman–Crippen LogP) is 3.41. The van der Waals surface area contributed by atoms with Crippen LogP contribution < -0.4 is 10.6 Å². The van der Waals surface area contributed by atoms with Gasteiger partial charge in [-0.2, -0.15) is 5.10 Å². The molecule has 1 heterocycles. The standard InChI is InChI=1S/C23H29N5O3S/c1-15-12-20(32(30,31)27(5)6)13-21(16(15)2)24-14-22(29)25-23-17(3)26-28(18(23)4)19-10-8-7-9-11-19/h7-13,24H,14H2,1-6H3,(H,25,29). The van der Waals surface area contributed by atoms with Crippen molar-refractivity contribution >= 4 is 27.3 Å². The van der Waals surface area contributed by atoms with Crippen LogP contribution in [0.5, 0.6) is 0 Å². The molecule has 0 fully saturated rings. The summed E-state index contributed by atoms with van der Waals surface area (Å²) in [6, 6.07) is 12.9. The number of sulfonamides is 1. The highest BCUT2D eigenvalue weighted by Gasteiger charge is 2.20. The van der Waals surface area contributed by atoms with Gasteiger partial charge in [0, 0.05) is 19.8 Å². The number of anilines is 2. The third-order valence-electron chi connectivity index (χ3n) is 5.42. The molecule has 32 heavy (non-hydrogen) atoms. The molecule has 3 aromatic rings. The van der Waals surface area contributed by atoms with Crippen LogP contribution in [-0.4, -0.2) is 49.1 Å². The zero-order valence-corrected chi connectivity index (χ0v) is 20.0. The Morgan fingerprint density at radius 3 is 2.34 bits per heavy atom. The van der Waals surface area contributed by atoms with Crippen LogP contribution in [0.3, 0.4) is 0 Å². The monoisotopic (exact) mass is 455 g/mol. The number of rotatable bonds is 7. The van der Waals surface area contributed by atoms with Crippen molar-refractivity contribution in [3.63, 3.8) is 0 Å². The molecule has 8 nitrogen and oxygen atoms in total. The summed E-state index contributed by atoms with van der Waals surface area (Å²) in [5.41, 5.74) is 5.44. The van der Waals surface area contributed by atoms with Crippen LogP contribution in [0.15, 0.2) is 47.4 Å². The van der Waals surface area contributed by atoms with Crippen LogP contribution >= 0.6 is 0 Å². The molecule has 170 valence electrons. The van der Waals surface area contributed by atoms with Gasteiger partial charge in [-0.1, -0.05) is 18.2 Å². The number of carbonyl (C=O) groups is 1. The molecule has 0 spiro atoms. The molecule has 3 rings (SSSR count). The second-order valence-electron chi connectivity index (χ2n) is 7.90. The molecule has 0 aliphatic rings. The fourth-order valence-corrected chi connectivity index (χ4v) is 4.39. The Labute approximate surface area is 189 Å². The highest BCUT2D eigenvalue weighted by molar-refractivity contribution is 7.89. The van der Waals surface area contributed by atoms with Gasteiger partial charge in [0.1, 0.15) is 0 Å². The lowest BCUT2D eigenvalue weighted by molar-refractivity contribution is -0.114. The van der Waals surface area contributed by atoms with Crippen LogP contribution in [-0.2, 0) is 14.8 Å². The van der Waals surface area contributed by atoms with E-state index in [-0.39, 0.29) is 17.3 Å². The summed E-state index contributed by atoms with van der Waals surface area (Å²) in [5.74, 6) is -0.248. The molecule has 0 aliphatic carbocycles. The first-order valence-corrected chi connectivity index (χ1v) is 11.7. The summed E-state index contributed by atoms with van der Waals surface area (Å²) >= 11 is 0. The van der Waals surface area contributed by atoms with Gasteiger partial charge in [0.15, 0.2) is 0 Å². The molecule has 1 amide bonds. The summed E-state index contributed by atoms with van der Waals surface area (Å²) in [6.07, 6.45) is 0. The van der Waals surface area contributed by atoms with Gasteiger partial charge in [-0.3, -0.25) is 4.79 Å². The van der Waals surface area contributed by atoms with Gasteiger partial charge in [0.25, 0.3) is 0 Å². The van der Waals surface area contributed by atoms with E-state index in [1.54, 1.807) is 16.8 Å². The number of hydrogen-bond acceptors (Lipinski definition) is 5. The van der Waals surface area contributed by atoms with Crippen LogP contribution in [0.1, 0.15) is 22.5 Å². The van der Waals surface area contributed by atoms with Gasteiger partial charge in [-0.05, 0) is 63.1 Å². The van der Waals surface area contributed by atoms with E-state index in [0.717, 1.165) is 22.5 Å². The van der Waals surface area contributed by atoms with Crippen molar-refractivity contribution in [1.82, 2.24) is 14.1 Å². The van der Waals surface area contributed by atoms with Crippen molar-refractivity contribution in [3.05, 3.63) is 65.0 Å². The van der Waals surface area contributed by atoms with E-state index in [1.165, 1.54) is 18.4 Å². The highest BCUT2D eigenvalue weighted by Crippen LogP contribution is 2.26. The van der Waals surface area contributed by atoms with Crippen molar-refractivity contribution in [1.29, 1.82) is 0 Å². The minimum absolute atomic E-state index is 0.0128.